The van der Waals surface area contributed by atoms with E-state index in [1.807, 2.05) is 6.07 Å². The molecular formula is C10H14N2O2. The summed E-state index contributed by atoms with van der Waals surface area (Å²) in [6.45, 7) is 2.47. The summed E-state index contributed by atoms with van der Waals surface area (Å²) in [7, 11) is 0. The predicted molar refractivity (Wildman–Crippen MR) is 55.9 cm³/mol. The molecule has 1 aliphatic heterocycles. The molecule has 1 aliphatic rings. The van der Waals surface area contributed by atoms with E-state index in [9.17, 15) is 5.11 Å². The highest BCUT2D eigenvalue weighted by Crippen LogP contribution is 2.31. The number of β-amino-alcohol motifs (C(OH)–C–C–N with tert-alkyl or cyclic N) is 1. The van der Waals surface area contributed by atoms with Gasteiger partial charge in [-0.3, -0.25) is 0 Å². The number of hydrogen-bond acceptors (Lipinski definition) is 4. The summed E-state index contributed by atoms with van der Waals surface area (Å²) in [6.07, 6.45) is 0. The second-order valence-electron chi connectivity index (χ2n) is 3.34. The van der Waals surface area contributed by atoms with Crippen molar-refractivity contribution in [3.63, 3.8) is 0 Å². The summed E-state index contributed by atoms with van der Waals surface area (Å²) in [5.74, 6) is 0.260. The van der Waals surface area contributed by atoms with Crippen LogP contribution in [0.2, 0.25) is 0 Å². The van der Waals surface area contributed by atoms with Gasteiger partial charge in [0, 0.05) is 25.7 Å². The predicted octanol–water partition coefficient (Wildman–Crippen LogP) is 0.616. The summed E-state index contributed by atoms with van der Waals surface area (Å²) in [6, 6.07) is 5.24. The highest BCUT2D eigenvalue weighted by Gasteiger charge is 2.15. The summed E-state index contributed by atoms with van der Waals surface area (Å²) >= 11 is 0. The molecule has 0 aliphatic carbocycles. The highest BCUT2D eigenvalue weighted by molar-refractivity contribution is 5.73. The van der Waals surface area contributed by atoms with Gasteiger partial charge in [-0.1, -0.05) is 0 Å². The van der Waals surface area contributed by atoms with Crippen molar-refractivity contribution in [1.82, 2.24) is 0 Å². The molecule has 0 aromatic heterocycles. The Balaban J connectivity index is 2.32. The van der Waals surface area contributed by atoms with E-state index >= 15 is 0 Å². The highest BCUT2D eigenvalue weighted by atomic mass is 16.3. The first-order valence-electron chi connectivity index (χ1n) is 4.74. The van der Waals surface area contributed by atoms with Gasteiger partial charge in [-0.25, -0.2) is 0 Å². The number of phenolic OH excluding ortho intramolecular Hbond substituents is 1. The van der Waals surface area contributed by atoms with Crippen LogP contribution in [0, 0.1) is 0 Å². The number of hydrogen-bond donors (Lipinski definition) is 3. The smallest absolute Gasteiger partial charge is 0.117 e. The number of rotatable bonds is 2. The van der Waals surface area contributed by atoms with E-state index in [1.165, 1.54) is 0 Å². The Hall–Kier alpha value is -1.42. The maximum Gasteiger partial charge on any atom is 0.117 e. The largest absolute Gasteiger partial charge is 0.508 e. The van der Waals surface area contributed by atoms with Crippen LogP contribution in [0.4, 0.5) is 11.4 Å². The van der Waals surface area contributed by atoms with Gasteiger partial charge in [0.15, 0.2) is 0 Å². The fourth-order valence-corrected chi connectivity index (χ4v) is 1.73. The third-order valence-corrected chi connectivity index (χ3v) is 2.39. The van der Waals surface area contributed by atoms with Crippen molar-refractivity contribution in [1.29, 1.82) is 0 Å². The number of nitrogens with zero attached hydrogens (tertiary/aromatic N) is 1. The zero-order chi connectivity index (χ0) is 9.97. The first kappa shape index (κ1) is 9.15. The van der Waals surface area contributed by atoms with Gasteiger partial charge in [-0.15, -0.1) is 0 Å². The molecule has 0 fully saturated rings. The number of benzene rings is 1. The quantitative estimate of drug-likeness (QED) is 0.604. The molecule has 0 atom stereocenters. The Morgan fingerprint density at radius 1 is 1.43 bits per heavy atom. The molecule has 0 amide bonds. The SMILES string of the molecule is OCCN1CCNc2ccc(O)cc21. The van der Waals surface area contributed by atoms with Crippen LogP contribution in [0.25, 0.3) is 0 Å². The molecule has 0 unspecified atom stereocenters. The van der Waals surface area contributed by atoms with Crippen LogP contribution in [-0.4, -0.2) is 36.5 Å². The van der Waals surface area contributed by atoms with E-state index in [1.54, 1.807) is 12.1 Å². The number of aliphatic hydroxyl groups is 1. The van der Waals surface area contributed by atoms with Gasteiger partial charge in [0.2, 0.25) is 0 Å². The van der Waals surface area contributed by atoms with Gasteiger partial charge in [-0.05, 0) is 12.1 Å². The number of phenols is 1. The normalized spacial score (nSPS) is 14.8. The third-order valence-electron chi connectivity index (χ3n) is 2.39. The molecule has 0 bridgehead atoms. The minimum Gasteiger partial charge on any atom is -0.508 e. The summed E-state index contributed by atoms with van der Waals surface area (Å²) < 4.78 is 0. The molecule has 1 aromatic rings. The van der Waals surface area contributed by atoms with Crippen LogP contribution < -0.4 is 10.2 Å². The second kappa shape index (κ2) is 3.75. The van der Waals surface area contributed by atoms with Gasteiger partial charge < -0.3 is 20.4 Å². The average Bonchev–Trinajstić information content (AvgIpc) is 2.19. The molecule has 76 valence electrons. The van der Waals surface area contributed by atoms with Crippen molar-refractivity contribution < 1.29 is 10.2 Å². The van der Waals surface area contributed by atoms with E-state index in [0.29, 0.717) is 6.54 Å². The van der Waals surface area contributed by atoms with Crippen molar-refractivity contribution >= 4 is 11.4 Å². The molecule has 1 aromatic carbocycles. The lowest BCUT2D eigenvalue weighted by Gasteiger charge is -2.31. The molecular weight excluding hydrogens is 180 g/mol. The van der Waals surface area contributed by atoms with E-state index in [-0.39, 0.29) is 12.4 Å². The fraction of sp³-hybridized carbons (Fsp3) is 0.400. The first-order chi connectivity index (χ1) is 6.81. The van der Waals surface area contributed by atoms with E-state index in [2.05, 4.69) is 10.2 Å². The van der Waals surface area contributed by atoms with Crippen molar-refractivity contribution in [3.05, 3.63) is 18.2 Å². The molecule has 1 heterocycles. The number of aromatic hydroxyl groups is 1. The van der Waals surface area contributed by atoms with E-state index in [4.69, 9.17) is 5.11 Å². The van der Waals surface area contributed by atoms with Crippen molar-refractivity contribution in [2.24, 2.45) is 0 Å². The molecule has 0 saturated carbocycles. The number of anilines is 2. The lowest BCUT2D eigenvalue weighted by molar-refractivity contribution is 0.302. The molecule has 4 heteroatoms. The molecule has 0 saturated heterocycles. The Morgan fingerprint density at radius 2 is 2.29 bits per heavy atom. The van der Waals surface area contributed by atoms with Gasteiger partial charge >= 0.3 is 0 Å². The van der Waals surface area contributed by atoms with E-state index in [0.717, 1.165) is 24.5 Å². The third kappa shape index (κ3) is 1.61. The summed E-state index contributed by atoms with van der Waals surface area (Å²) in [5.41, 5.74) is 1.98. The average molecular weight is 194 g/mol. The maximum absolute atomic E-state index is 9.36. The Labute approximate surface area is 82.8 Å². The molecule has 0 spiro atoms. The molecule has 4 nitrogen and oxygen atoms in total. The molecule has 14 heavy (non-hydrogen) atoms. The van der Waals surface area contributed by atoms with Crippen LogP contribution in [0.15, 0.2) is 18.2 Å². The Bertz CT molecular complexity index is 328. The standard InChI is InChI=1S/C10H14N2O2/c13-6-5-12-4-3-11-9-2-1-8(14)7-10(9)12/h1-2,7,11,13-14H,3-6H2. The molecule has 2 rings (SSSR count). The Morgan fingerprint density at radius 3 is 3.07 bits per heavy atom. The van der Waals surface area contributed by atoms with E-state index < -0.39 is 0 Å². The minimum absolute atomic E-state index is 0.134. The van der Waals surface area contributed by atoms with Gasteiger partial charge in [-0.2, -0.15) is 0 Å². The van der Waals surface area contributed by atoms with Gasteiger partial charge in [0.25, 0.3) is 0 Å². The molecule has 0 radical (unpaired) electrons. The molecule has 3 N–H and O–H groups in total. The van der Waals surface area contributed by atoms with Crippen molar-refractivity contribution in [3.8, 4) is 5.75 Å². The first-order valence-corrected chi connectivity index (χ1v) is 4.74. The minimum atomic E-state index is 0.134. The number of nitrogens with one attached hydrogen (secondary N) is 1. The zero-order valence-corrected chi connectivity index (χ0v) is 7.90. The van der Waals surface area contributed by atoms with Crippen LogP contribution >= 0.6 is 0 Å². The summed E-state index contributed by atoms with van der Waals surface area (Å²) in [4.78, 5) is 2.06. The number of aliphatic hydroxyl groups excluding tert-OH is 1. The van der Waals surface area contributed by atoms with Crippen molar-refractivity contribution in [2.75, 3.05) is 36.5 Å². The van der Waals surface area contributed by atoms with Crippen LogP contribution in [-0.2, 0) is 0 Å². The van der Waals surface area contributed by atoms with Crippen LogP contribution in [0.1, 0.15) is 0 Å². The zero-order valence-electron chi connectivity index (χ0n) is 7.90. The topological polar surface area (TPSA) is 55.7 Å². The monoisotopic (exact) mass is 194 g/mol. The maximum atomic E-state index is 9.36. The lowest BCUT2D eigenvalue weighted by Crippen LogP contribution is -2.35. The summed E-state index contributed by atoms with van der Waals surface area (Å²) in [5, 5.41) is 21.5. The lowest BCUT2D eigenvalue weighted by atomic mass is 10.2. The van der Waals surface area contributed by atoms with Crippen LogP contribution in [0.3, 0.4) is 0 Å². The van der Waals surface area contributed by atoms with Crippen LogP contribution in [0.5, 0.6) is 5.75 Å². The Kier molecular flexibility index (Phi) is 2.45. The van der Waals surface area contributed by atoms with Crippen molar-refractivity contribution in [2.45, 2.75) is 0 Å². The van der Waals surface area contributed by atoms with Gasteiger partial charge in [0.05, 0.1) is 18.0 Å². The number of fused-ring (bicyclic) bond motifs is 1. The van der Waals surface area contributed by atoms with Gasteiger partial charge in [0.1, 0.15) is 5.75 Å². The fourth-order valence-electron chi connectivity index (χ4n) is 1.73. The second-order valence-corrected chi connectivity index (χ2v) is 3.34.